The van der Waals surface area contributed by atoms with E-state index in [9.17, 15) is 14.5 Å². The summed E-state index contributed by atoms with van der Waals surface area (Å²) in [5.74, 6) is -0.469. The third kappa shape index (κ3) is 4.16. The fourth-order valence-corrected chi connectivity index (χ4v) is 4.24. The molecule has 1 aromatic carbocycles. The summed E-state index contributed by atoms with van der Waals surface area (Å²) in [5, 5.41) is 3.80. The normalized spacial score (nSPS) is 16.2. The number of aromatic nitrogens is 1. The molecule has 9 heteroatoms. The molecule has 30 heavy (non-hydrogen) atoms. The van der Waals surface area contributed by atoms with Gasteiger partial charge in [0.25, 0.3) is 0 Å². The van der Waals surface area contributed by atoms with Crippen LogP contribution in [0.5, 0.6) is 0 Å². The van der Waals surface area contributed by atoms with Crippen molar-refractivity contribution in [3.63, 3.8) is 0 Å². The average Bonchev–Trinajstić information content (AvgIpc) is 2.70. The van der Waals surface area contributed by atoms with E-state index in [1.165, 1.54) is 13.3 Å². The Labute approximate surface area is 183 Å². The van der Waals surface area contributed by atoms with Gasteiger partial charge in [0.05, 0.1) is 24.2 Å². The second kappa shape index (κ2) is 8.29. The zero-order chi connectivity index (χ0) is 22.1. The van der Waals surface area contributed by atoms with Crippen LogP contribution in [0.4, 0.5) is 10.5 Å². The maximum Gasteiger partial charge on any atom is 0.410 e. The minimum atomic E-state index is -1.13. The lowest BCUT2D eigenvalue weighted by Crippen LogP contribution is -2.50. The maximum absolute atomic E-state index is 13.1. The fourth-order valence-electron chi connectivity index (χ4n) is 3.88. The smallest absolute Gasteiger partial charge is 0.410 e. The van der Waals surface area contributed by atoms with E-state index in [0.29, 0.717) is 16.5 Å². The minimum Gasteiger partial charge on any atom is -0.468 e. The van der Waals surface area contributed by atoms with Crippen molar-refractivity contribution in [1.29, 1.82) is 0 Å². The van der Waals surface area contributed by atoms with Gasteiger partial charge in [0.15, 0.2) is 0 Å². The van der Waals surface area contributed by atoms with Crippen LogP contribution in [0.1, 0.15) is 39.2 Å². The van der Waals surface area contributed by atoms with E-state index in [4.69, 9.17) is 9.47 Å². The highest BCUT2D eigenvalue weighted by Crippen LogP contribution is 2.45. The number of ether oxygens (including phenoxy) is 2. The molecule has 0 spiro atoms. The van der Waals surface area contributed by atoms with E-state index < -0.39 is 23.1 Å². The summed E-state index contributed by atoms with van der Waals surface area (Å²) < 4.78 is 11.4. The van der Waals surface area contributed by atoms with Crippen LogP contribution in [0.2, 0.25) is 0 Å². The molecule has 1 aliphatic rings. The molecule has 1 aliphatic heterocycles. The van der Waals surface area contributed by atoms with Crippen LogP contribution in [-0.2, 0) is 19.7 Å². The number of rotatable bonds is 3. The van der Waals surface area contributed by atoms with Crippen LogP contribution in [0, 0.1) is 4.91 Å². The number of nitrogens with zero attached hydrogens (tertiary/aromatic N) is 3. The predicted octanol–water partition coefficient (Wildman–Crippen LogP) is 4.84. The number of amides is 1. The molecule has 3 rings (SSSR count). The van der Waals surface area contributed by atoms with Crippen LogP contribution in [-0.4, -0.2) is 47.7 Å². The maximum atomic E-state index is 13.1. The summed E-state index contributed by atoms with van der Waals surface area (Å²) in [4.78, 5) is 43.1. The number of carbonyl (C=O) groups is 2. The number of pyridine rings is 1. The SMILES string of the molecule is COC(=O)C1(c2c(N=O)cnc3ccc(Br)cc23)CCN(C(=O)OC(C)(C)C)CC1. The first-order valence-electron chi connectivity index (χ1n) is 9.60. The molecule has 2 aromatic rings. The van der Waals surface area contributed by atoms with Crippen LogP contribution in [0.3, 0.4) is 0 Å². The van der Waals surface area contributed by atoms with Gasteiger partial charge in [-0.2, -0.15) is 0 Å². The fraction of sp³-hybridized carbons (Fsp3) is 0.476. The lowest BCUT2D eigenvalue weighted by atomic mass is 9.71. The van der Waals surface area contributed by atoms with Gasteiger partial charge in [0.1, 0.15) is 11.3 Å². The predicted molar refractivity (Wildman–Crippen MR) is 116 cm³/mol. The summed E-state index contributed by atoms with van der Waals surface area (Å²) in [5.41, 5.74) is -0.524. The third-order valence-corrected chi connectivity index (χ3v) is 5.72. The van der Waals surface area contributed by atoms with E-state index >= 15 is 0 Å². The number of carbonyl (C=O) groups excluding carboxylic acids is 2. The Morgan fingerprint density at radius 3 is 2.47 bits per heavy atom. The molecule has 0 aliphatic carbocycles. The van der Waals surface area contributed by atoms with Crippen molar-refractivity contribution in [2.45, 2.75) is 44.6 Å². The number of halogens is 1. The van der Waals surface area contributed by atoms with E-state index in [0.717, 1.165) is 4.47 Å². The Morgan fingerprint density at radius 2 is 1.90 bits per heavy atom. The lowest BCUT2D eigenvalue weighted by molar-refractivity contribution is -0.149. The molecule has 0 atom stereocenters. The molecule has 0 N–H and O–H groups in total. The number of likely N-dealkylation sites (tertiary alicyclic amines) is 1. The van der Waals surface area contributed by atoms with Crippen molar-refractivity contribution in [3.05, 3.63) is 39.3 Å². The van der Waals surface area contributed by atoms with Gasteiger partial charge in [-0.3, -0.25) is 9.78 Å². The number of benzene rings is 1. The van der Waals surface area contributed by atoms with Crippen molar-refractivity contribution in [2.75, 3.05) is 20.2 Å². The van der Waals surface area contributed by atoms with Crippen molar-refractivity contribution < 1.29 is 19.1 Å². The summed E-state index contributed by atoms with van der Waals surface area (Å²) in [7, 11) is 1.32. The largest absolute Gasteiger partial charge is 0.468 e. The zero-order valence-corrected chi connectivity index (χ0v) is 19.0. The van der Waals surface area contributed by atoms with Gasteiger partial charge in [0, 0.05) is 28.5 Å². The van der Waals surface area contributed by atoms with Gasteiger partial charge in [-0.25, -0.2) is 4.79 Å². The minimum absolute atomic E-state index is 0.0942. The molecule has 0 unspecified atom stereocenters. The number of piperidine rings is 1. The summed E-state index contributed by atoms with van der Waals surface area (Å²) in [6, 6.07) is 5.46. The second-order valence-corrected chi connectivity index (χ2v) is 9.23. The number of methoxy groups -OCH3 is 1. The monoisotopic (exact) mass is 477 g/mol. The van der Waals surface area contributed by atoms with Crippen LogP contribution < -0.4 is 0 Å². The van der Waals surface area contributed by atoms with Gasteiger partial charge >= 0.3 is 12.1 Å². The van der Waals surface area contributed by atoms with E-state index in [2.05, 4.69) is 26.1 Å². The summed E-state index contributed by atoms with van der Waals surface area (Å²) in [6.07, 6.45) is 1.49. The van der Waals surface area contributed by atoms with Gasteiger partial charge in [-0.1, -0.05) is 15.9 Å². The van der Waals surface area contributed by atoms with Crippen molar-refractivity contribution in [2.24, 2.45) is 5.18 Å². The molecule has 8 nitrogen and oxygen atoms in total. The molecule has 0 bridgehead atoms. The molecule has 160 valence electrons. The van der Waals surface area contributed by atoms with Gasteiger partial charge in [0.2, 0.25) is 0 Å². The van der Waals surface area contributed by atoms with Crippen LogP contribution >= 0.6 is 15.9 Å². The standard InChI is InChI=1S/C21H24BrN3O5/c1-20(2,3)30-19(27)25-9-7-21(8-10-25,18(26)29-4)17-14-11-13(22)5-6-15(14)23-12-16(17)24-28/h5-6,11-12H,7-10H2,1-4H3. The van der Waals surface area contributed by atoms with Gasteiger partial charge < -0.3 is 14.4 Å². The zero-order valence-electron chi connectivity index (χ0n) is 17.4. The Hall–Kier alpha value is -2.55. The topological polar surface area (TPSA) is 98.2 Å². The molecular weight excluding hydrogens is 454 g/mol. The summed E-state index contributed by atoms with van der Waals surface area (Å²) >= 11 is 3.44. The molecule has 1 fully saturated rings. The first-order valence-corrected chi connectivity index (χ1v) is 10.4. The Balaban J connectivity index is 2.07. The highest BCUT2D eigenvalue weighted by molar-refractivity contribution is 9.10. The van der Waals surface area contributed by atoms with E-state index in [-0.39, 0.29) is 31.6 Å². The van der Waals surface area contributed by atoms with Crippen LogP contribution in [0.15, 0.2) is 34.0 Å². The first-order chi connectivity index (χ1) is 14.1. The molecule has 0 radical (unpaired) electrons. The Morgan fingerprint density at radius 1 is 1.23 bits per heavy atom. The molecule has 1 aromatic heterocycles. The average molecular weight is 478 g/mol. The van der Waals surface area contributed by atoms with E-state index in [1.54, 1.807) is 31.7 Å². The third-order valence-electron chi connectivity index (χ3n) is 5.23. The molecule has 1 saturated heterocycles. The van der Waals surface area contributed by atoms with Gasteiger partial charge in [-0.15, -0.1) is 4.91 Å². The first kappa shape index (κ1) is 22.1. The van der Waals surface area contributed by atoms with Crippen molar-refractivity contribution in [3.8, 4) is 0 Å². The lowest BCUT2D eigenvalue weighted by Gasteiger charge is -2.40. The van der Waals surface area contributed by atoms with Crippen molar-refractivity contribution >= 4 is 44.6 Å². The van der Waals surface area contributed by atoms with E-state index in [1.807, 2.05) is 12.1 Å². The Bertz CT molecular complexity index is 994. The van der Waals surface area contributed by atoms with Crippen LogP contribution in [0.25, 0.3) is 10.9 Å². The molecule has 2 heterocycles. The molecular formula is C21H24BrN3O5. The van der Waals surface area contributed by atoms with Crippen molar-refractivity contribution in [1.82, 2.24) is 9.88 Å². The highest BCUT2D eigenvalue weighted by atomic mass is 79.9. The quantitative estimate of drug-likeness (QED) is 0.463. The highest BCUT2D eigenvalue weighted by Gasteiger charge is 2.48. The number of hydrogen-bond donors (Lipinski definition) is 0. The van der Waals surface area contributed by atoms with Gasteiger partial charge in [-0.05, 0) is 57.0 Å². The molecule has 1 amide bonds. The second-order valence-electron chi connectivity index (χ2n) is 8.31. The summed E-state index contributed by atoms with van der Waals surface area (Å²) in [6.45, 7) is 5.96. The Kier molecular flexibility index (Phi) is 6.12. The molecule has 0 saturated carbocycles. The number of esters is 1. The number of nitroso groups, excluding NO2 is 1. The number of fused-ring (bicyclic) bond motifs is 1. The number of hydrogen-bond acceptors (Lipinski definition) is 7.